The molecule has 0 radical (unpaired) electrons. The lowest BCUT2D eigenvalue weighted by Crippen LogP contribution is -2.39. The molecule has 2 fully saturated rings. The summed E-state index contributed by atoms with van der Waals surface area (Å²) < 4.78 is 0. The summed E-state index contributed by atoms with van der Waals surface area (Å²) in [7, 11) is 0. The van der Waals surface area contributed by atoms with Crippen molar-refractivity contribution < 1.29 is 19.8 Å². The second kappa shape index (κ2) is 14.0. The SMILES string of the molecule is Cc1nc(N2CCCC2)nc(NC2CCN(Cc3cccnc3)CC2)c1C.O=CO.O=CO. The molecule has 10 heteroatoms. The largest absolute Gasteiger partial charge is 0.483 e. The summed E-state index contributed by atoms with van der Waals surface area (Å²) in [6.45, 7) is 9.08. The average Bonchev–Trinajstić information content (AvgIpc) is 3.35. The Hall–Kier alpha value is -3.27. The van der Waals surface area contributed by atoms with Gasteiger partial charge in [-0.15, -0.1) is 0 Å². The number of piperidine rings is 1. The van der Waals surface area contributed by atoms with E-state index in [0.717, 1.165) is 63.0 Å². The van der Waals surface area contributed by atoms with Crippen LogP contribution in [-0.4, -0.2) is 75.2 Å². The number of carboxylic acid groups (broad SMARTS) is 2. The van der Waals surface area contributed by atoms with E-state index in [4.69, 9.17) is 29.8 Å². The zero-order chi connectivity index (χ0) is 24.1. The zero-order valence-electron chi connectivity index (χ0n) is 19.4. The number of aromatic nitrogens is 3. The summed E-state index contributed by atoms with van der Waals surface area (Å²) in [5.74, 6) is 1.92. The van der Waals surface area contributed by atoms with Crippen LogP contribution in [0.3, 0.4) is 0 Å². The second-order valence-corrected chi connectivity index (χ2v) is 8.04. The van der Waals surface area contributed by atoms with Crippen molar-refractivity contribution >= 4 is 24.7 Å². The Labute approximate surface area is 194 Å². The van der Waals surface area contributed by atoms with Gasteiger partial charge >= 0.3 is 0 Å². The smallest absolute Gasteiger partial charge is 0.290 e. The van der Waals surface area contributed by atoms with Gasteiger partial charge in [-0.1, -0.05) is 6.07 Å². The Kier molecular flexibility index (Phi) is 11.0. The van der Waals surface area contributed by atoms with E-state index in [1.54, 1.807) is 0 Å². The van der Waals surface area contributed by atoms with Gasteiger partial charge in [-0.25, -0.2) is 4.98 Å². The molecule has 2 aliphatic rings. The highest BCUT2D eigenvalue weighted by Gasteiger charge is 2.22. The lowest BCUT2D eigenvalue weighted by Gasteiger charge is -2.33. The van der Waals surface area contributed by atoms with Crippen molar-refractivity contribution in [1.82, 2.24) is 19.9 Å². The highest BCUT2D eigenvalue weighted by Crippen LogP contribution is 2.24. The summed E-state index contributed by atoms with van der Waals surface area (Å²) in [5, 5.41) is 17.5. The fourth-order valence-corrected chi connectivity index (χ4v) is 3.99. The van der Waals surface area contributed by atoms with E-state index in [1.807, 2.05) is 18.5 Å². The fourth-order valence-electron chi connectivity index (χ4n) is 3.99. The van der Waals surface area contributed by atoms with Gasteiger partial charge in [0.1, 0.15) is 5.82 Å². The van der Waals surface area contributed by atoms with Gasteiger partial charge in [0.25, 0.3) is 12.9 Å². The molecule has 33 heavy (non-hydrogen) atoms. The van der Waals surface area contributed by atoms with Gasteiger partial charge in [0.15, 0.2) is 0 Å². The molecule has 0 atom stereocenters. The topological polar surface area (TPSA) is 132 Å². The highest BCUT2D eigenvalue weighted by molar-refractivity contribution is 5.51. The van der Waals surface area contributed by atoms with Crippen LogP contribution in [0.25, 0.3) is 0 Å². The van der Waals surface area contributed by atoms with E-state index >= 15 is 0 Å². The van der Waals surface area contributed by atoms with Crippen molar-refractivity contribution in [3.05, 3.63) is 41.3 Å². The number of nitrogens with zero attached hydrogens (tertiary/aromatic N) is 5. The van der Waals surface area contributed by atoms with Crippen LogP contribution in [0.1, 0.15) is 42.5 Å². The monoisotopic (exact) mass is 458 g/mol. The maximum atomic E-state index is 8.36. The molecule has 0 unspecified atom stereocenters. The number of pyridine rings is 1. The summed E-state index contributed by atoms with van der Waals surface area (Å²) in [5.41, 5.74) is 3.56. The summed E-state index contributed by atoms with van der Waals surface area (Å²) in [6.07, 6.45) is 8.58. The minimum atomic E-state index is -0.250. The van der Waals surface area contributed by atoms with Crippen LogP contribution in [0.5, 0.6) is 0 Å². The molecule has 4 rings (SSSR count). The van der Waals surface area contributed by atoms with Gasteiger partial charge in [-0.3, -0.25) is 19.5 Å². The molecule has 0 aliphatic carbocycles. The first kappa shape index (κ1) is 26.0. The van der Waals surface area contributed by atoms with Crippen LogP contribution in [0.2, 0.25) is 0 Å². The van der Waals surface area contributed by atoms with Crippen molar-refractivity contribution in [2.24, 2.45) is 0 Å². The fraction of sp³-hybridized carbons (Fsp3) is 0.522. The number of nitrogens with one attached hydrogen (secondary N) is 1. The molecule has 0 bridgehead atoms. The maximum Gasteiger partial charge on any atom is 0.290 e. The lowest BCUT2D eigenvalue weighted by molar-refractivity contribution is -0.123. The maximum absolute atomic E-state index is 8.36. The third kappa shape index (κ3) is 8.30. The van der Waals surface area contributed by atoms with Crippen LogP contribution >= 0.6 is 0 Å². The van der Waals surface area contributed by atoms with Gasteiger partial charge in [0.05, 0.1) is 0 Å². The number of likely N-dealkylation sites (tertiary alicyclic amines) is 1. The van der Waals surface area contributed by atoms with E-state index in [0.29, 0.717) is 6.04 Å². The zero-order valence-corrected chi connectivity index (χ0v) is 19.4. The van der Waals surface area contributed by atoms with Gasteiger partial charge < -0.3 is 20.4 Å². The predicted octanol–water partition coefficient (Wildman–Crippen LogP) is 2.57. The number of rotatable bonds is 5. The quantitative estimate of drug-likeness (QED) is 0.574. The van der Waals surface area contributed by atoms with E-state index in [1.165, 1.54) is 24.0 Å². The Morgan fingerprint density at radius 3 is 2.27 bits per heavy atom. The first-order valence-electron chi connectivity index (χ1n) is 11.2. The molecular formula is C23H34N6O4. The molecule has 0 amide bonds. The molecule has 0 aromatic carbocycles. The molecule has 2 aliphatic heterocycles. The Balaban J connectivity index is 0.000000582. The molecule has 180 valence electrons. The molecule has 2 saturated heterocycles. The summed E-state index contributed by atoms with van der Waals surface area (Å²) in [4.78, 5) is 35.4. The van der Waals surface area contributed by atoms with E-state index in [9.17, 15) is 0 Å². The average molecular weight is 459 g/mol. The third-order valence-corrected chi connectivity index (χ3v) is 5.82. The molecule has 0 spiro atoms. The summed E-state index contributed by atoms with van der Waals surface area (Å²) in [6, 6.07) is 4.65. The van der Waals surface area contributed by atoms with Crippen LogP contribution < -0.4 is 10.2 Å². The van der Waals surface area contributed by atoms with E-state index in [-0.39, 0.29) is 12.9 Å². The Morgan fingerprint density at radius 1 is 1.06 bits per heavy atom. The van der Waals surface area contributed by atoms with Crippen LogP contribution in [0, 0.1) is 13.8 Å². The number of anilines is 2. The minimum absolute atomic E-state index is 0.250. The predicted molar refractivity (Wildman–Crippen MR) is 126 cm³/mol. The molecule has 10 nitrogen and oxygen atoms in total. The van der Waals surface area contributed by atoms with Gasteiger partial charge in [0.2, 0.25) is 5.95 Å². The van der Waals surface area contributed by atoms with Gasteiger partial charge in [0, 0.05) is 62.4 Å². The van der Waals surface area contributed by atoms with E-state index in [2.05, 4.69) is 40.0 Å². The van der Waals surface area contributed by atoms with Crippen molar-refractivity contribution in [2.45, 2.75) is 52.1 Å². The first-order chi connectivity index (χ1) is 16.0. The van der Waals surface area contributed by atoms with Crippen molar-refractivity contribution in [3.63, 3.8) is 0 Å². The normalized spacial score (nSPS) is 16.1. The van der Waals surface area contributed by atoms with Crippen LogP contribution in [0.15, 0.2) is 24.5 Å². The number of aryl methyl sites for hydroxylation is 1. The Bertz CT molecular complexity index is 848. The molecule has 3 N–H and O–H groups in total. The molecule has 4 heterocycles. The molecule has 0 saturated carbocycles. The third-order valence-electron chi connectivity index (χ3n) is 5.82. The highest BCUT2D eigenvalue weighted by atomic mass is 16.3. The van der Waals surface area contributed by atoms with Gasteiger partial charge in [-0.05, 0) is 51.2 Å². The molecular weight excluding hydrogens is 424 g/mol. The van der Waals surface area contributed by atoms with Crippen molar-refractivity contribution in [1.29, 1.82) is 0 Å². The minimum Gasteiger partial charge on any atom is -0.483 e. The second-order valence-electron chi connectivity index (χ2n) is 8.04. The number of hydrogen-bond donors (Lipinski definition) is 3. The van der Waals surface area contributed by atoms with Crippen molar-refractivity contribution in [3.8, 4) is 0 Å². The Morgan fingerprint density at radius 2 is 1.70 bits per heavy atom. The number of carbonyl (C=O) groups is 2. The standard InChI is InChI=1S/C21H30N6.2CH2O2/c1-16-17(2)23-21(27-10-3-4-11-27)25-20(16)24-19-7-12-26(13-8-19)15-18-6-5-9-22-14-18;2*2-1-3/h5-6,9,14,19H,3-4,7-8,10-13,15H2,1-2H3,(H,23,24,25);2*1H,(H,2,3). The summed E-state index contributed by atoms with van der Waals surface area (Å²) >= 11 is 0. The van der Waals surface area contributed by atoms with Crippen molar-refractivity contribution in [2.75, 3.05) is 36.4 Å². The van der Waals surface area contributed by atoms with Crippen LogP contribution in [0.4, 0.5) is 11.8 Å². The molecule has 2 aromatic heterocycles. The van der Waals surface area contributed by atoms with E-state index < -0.39 is 0 Å². The number of hydrogen-bond acceptors (Lipinski definition) is 8. The molecule has 2 aromatic rings. The van der Waals surface area contributed by atoms with Crippen LogP contribution in [-0.2, 0) is 16.1 Å². The lowest BCUT2D eigenvalue weighted by atomic mass is 10.0. The first-order valence-corrected chi connectivity index (χ1v) is 11.2. The van der Waals surface area contributed by atoms with Gasteiger partial charge in [-0.2, -0.15) is 4.98 Å².